The maximum atomic E-state index is 12.0. The van der Waals surface area contributed by atoms with Crippen molar-refractivity contribution in [2.24, 2.45) is 0 Å². The standard InChI is InChI=1S/C15H21BrO4S/c1-4-5-6-7-8-11-9-10-12(15(17)20-2)13(16)14(11)21(3,18)19/h9-10H,4-8H2,1-3H3. The van der Waals surface area contributed by atoms with E-state index in [1.54, 1.807) is 12.1 Å². The third-order valence-corrected chi connectivity index (χ3v) is 5.55. The van der Waals surface area contributed by atoms with Gasteiger partial charge in [-0.15, -0.1) is 0 Å². The van der Waals surface area contributed by atoms with E-state index in [1.807, 2.05) is 0 Å². The number of methoxy groups -OCH3 is 1. The number of sulfone groups is 1. The first-order chi connectivity index (χ1) is 9.82. The zero-order valence-electron chi connectivity index (χ0n) is 12.6. The fraction of sp³-hybridized carbons (Fsp3) is 0.533. The predicted molar refractivity (Wildman–Crippen MR) is 86.4 cm³/mol. The molecule has 0 spiro atoms. The van der Waals surface area contributed by atoms with Crippen molar-refractivity contribution in [3.05, 3.63) is 27.7 Å². The SMILES string of the molecule is CCCCCCc1ccc(C(=O)OC)c(Br)c1S(C)(=O)=O. The van der Waals surface area contributed by atoms with Crippen LogP contribution in [0.25, 0.3) is 0 Å². The Morgan fingerprint density at radius 1 is 1.24 bits per heavy atom. The Bertz CT molecular complexity index is 608. The molecule has 1 rings (SSSR count). The molecule has 0 radical (unpaired) electrons. The van der Waals surface area contributed by atoms with Crippen molar-refractivity contribution in [1.82, 2.24) is 0 Å². The van der Waals surface area contributed by atoms with Crippen LogP contribution in [0, 0.1) is 0 Å². The molecule has 0 unspecified atom stereocenters. The molecule has 4 nitrogen and oxygen atoms in total. The number of carbonyl (C=O) groups excluding carboxylic acids is 1. The lowest BCUT2D eigenvalue weighted by Crippen LogP contribution is -2.10. The monoisotopic (exact) mass is 376 g/mol. The first kappa shape index (κ1) is 18.2. The van der Waals surface area contributed by atoms with Gasteiger partial charge < -0.3 is 4.74 Å². The largest absolute Gasteiger partial charge is 0.465 e. The smallest absolute Gasteiger partial charge is 0.339 e. The molecule has 21 heavy (non-hydrogen) atoms. The maximum absolute atomic E-state index is 12.0. The Morgan fingerprint density at radius 2 is 1.90 bits per heavy atom. The van der Waals surface area contributed by atoms with Crippen molar-refractivity contribution in [2.45, 2.75) is 43.9 Å². The highest BCUT2D eigenvalue weighted by Crippen LogP contribution is 2.31. The molecule has 0 aliphatic carbocycles. The lowest BCUT2D eigenvalue weighted by atomic mass is 10.0. The van der Waals surface area contributed by atoms with Crippen molar-refractivity contribution in [3.8, 4) is 0 Å². The second kappa shape index (κ2) is 7.94. The first-order valence-electron chi connectivity index (χ1n) is 6.92. The van der Waals surface area contributed by atoms with E-state index in [4.69, 9.17) is 0 Å². The number of benzene rings is 1. The topological polar surface area (TPSA) is 60.4 Å². The van der Waals surface area contributed by atoms with Crippen LogP contribution < -0.4 is 0 Å². The minimum absolute atomic E-state index is 0.196. The third kappa shape index (κ3) is 4.81. The van der Waals surface area contributed by atoms with Crippen LogP contribution in [0.15, 0.2) is 21.5 Å². The quantitative estimate of drug-likeness (QED) is 0.536. The molecule has 0 fully saturated rings. The van der Waals surface area contributed by atoms with E-state index in [0.717, 1.165) is 37.5 Å². The van der Waals surface area contributed by atoms with E-state index in [0.29, 0.717) is 10.9 Å². The van der Waals surface area contributed by atoms with Crippen molar-refractivity contribution in [2.75, 3.05) is 13.4 Å². The summed E-state index contributed by atoms with van der Waals surface area (Å²) in [5.41, 5.74) is 0.975. The van der Waals surface area contributed by atoms with Gasteiger partial charge in [-0.3, -0.25) is 0 Å². The van der Waals surface area contributed by atoms with Crippen LogP contribution in [-0.4, -0.2) is 27.8 Å². The Morgan fingerprint density at radius 3 is 2.43 bits per heavy atom. The number of hydrogen-bond acceptors (Lipinski definition) is 4. The number of ether oxygens (including phenoxy) is 1. The summed E-state index contributed by atoms with van der Waals surface area (Å²) in [6.45, 7) is 2.13. The van der Waals surface area contributed by atoms with E-state index in [2.05, 4.69) is 27.6 Å². The fourth-order valence-corrected chi connectivity index (χ4v) is 4.72. The van der Waals surface area contributed by atoms with E-state index in [9.17, 15) is 13.2 Å². The average Bonchev–Trinajstić information content (AvgIpc) is 2.41. The second-order valence-electron chi connectivity index (χ2n) is 4.99. The fourth-order valence-electron chi connectivity index (χ4n) is 2.20. The van der Waals surface area contributed by atoms with E-state index in [1.165, 1.54) is 7.11 Å². The number of rotatable bonds is 7. The number of aryl methyl sites for hydroxylation is 1. The van der Waals surface area contributed by atoms with Gasteiger partial charge in [0.15, 0.2) is 9.84 Å². The Labute approximate surface area is 134 Å². The van der Waals surface area contributed by atoms with Crippen LogP contribution in [0.5, 0.6) is 0 Å². The maximum Gasteiger partial charge on any atom is 0.339 e. The molecule has 1 aromatic carbocycles. The number of unbranched alkanes of at least 4 members (excludes halogenated alkanes) is 3. The molecule has 0 saturated heterocycles. The highest BCUT2D eigenvalue weighted by atomic mass is 79.9. The normalized spacial score (nSPS) is 11.4. The van der Waals surface area contributed by atoms with Gasteiger partial charge in [0, 0.05) is 6.26 Å². The van der Waals surface area contributed by atoms with Crippen LogP contribution in [-0.2, 0) is 21.0 Å². The molecule has 0 aliphatic rings. The summed E-state index contributed by atoms with van der Waals surface area (Å²) in [6.07, 6.45) is 6.10. The zero-order valence-corrected chi connectivity index (χ0v) is 15.0. The van der Waals surface area contributed by atoms with E-state index >= 15 is 0 Å². The van der Waals surface area contributed by atoms with Gasteiger partial charge in [0.05, 0.1) is 22.0 Å². The summed E-state index contributed by atoms with van der Waals surface area (Å²) in [5.74, 6) is -0.552. The lowest BCUT2D eigenvalue weighted by molar-refractivity contribution is 0.0599. The Balaban J connectivity index is 3.20. The molecule has 0 saturated carbocycles. The molecule has 0 bridgehead atoms. The summed E-state index contributed by atoms with van der Waals surface area (Å²) in [4.78, 5) is 11.9. The van der Waals surface area contributed by atoms with Crippen molar-refractivity contribution < 1.29 is 17.9 Å². The van der Waals surface area contributed by atoms with Crippen molar-refractivity contribution in [1.29, 1.82) is 0 Å². The molecular weight excluding hydrogens is 356 g/mol. The molecule has 118 valence electrons. The lowest BCUT2D eigenvalue weighted by Gasteiger charge is -2.13. The summed E-state index contributed by atoms with van der Waals surface area (Å²) < 4.78 is 29.1. The summed E-state index contributed by atoms with van der Waals surface area (Å²) in [5, 5.41) is 0. The van der Waals surface area contributed by atoms with Crippen molar-refractivity contribution in [3.63, 3.8) is 0 Å². The molecule has 0 aromatic heterocycles. The van der Waals surface area contributed by atoms with E-state index in [-0.39, 0.29) is 10.5 Å². The Hall–Kier alpha value is -0.880. The summed E-state index contributed by atoms with van der Waals surface area (Å²) in [7, 11) is -2.15. The highest BCUT2D eigenvalue weighted by Gasteiger charge is 2.22. The van der Waals surface area contributed by atoms with Gasteiger partial charge in [0.1, 0.15) is 0 Å². The van der Waals surface area contributed by atoms with Gasteiger partial charge >= 0.3 is 5.97 Å². The number of hydrogen-bond donors (Lipinski definition) is 0. The molecular formula is C15H21BrO4S. The van der Waals surface area contributed by atoms with Crippen LogP contribution in [0.1, 0.15) is 48.5 Å². The van der Waals surface area contributed by atoms with Crippen LogP contribution >= 0.6 is 15.9 Å². The highest BCUT2D eigenvalue weighted by molar-refractivity contribution is 9.10. The number of esters is 1. The Kier molecular flexibility index (Phi) is 6.87. The van der Waals surface area contributed by atoms with Gasteiger partial charge in [-0.2, -0.15) is 0 Å². The van der Waals surface area contributed by atoms with Gasteiger partial charge in [-0.1, -0.05) is 32.3 Å². The van der Waals surface area contributed by atoms with Crippen LogP contribution in [0.3, 0.4) is 0 Å². The predicted octanol–water partition coefficient (Wildman–Crippen LogP) is 3.76. The van der Waals surface area contributed by atoms with Crippen molar-refractivity contribution >= 4 is 31.7 Å². The zero-order chi connectivity index (χ0) is 16.0. The minimum Gasteiger partial charge on any atom is -0.465 e. The van der Waals surface area contributed by atoms with Gasteiger partial charge in [0.2, 0.25) is 0 Å². The summed E-state index contributed by atoms with van der Waals surface area (Å²) >= 11 is 3.25. The molecule has 0 heterocycles. The van der Waals surface area contributed by atoms with Gasteiger partial charge in [-0.25, -0.2) is 13.2 Å². The molecule has 0 atom stereocenters. The second-order valence-corrected chi connectivity index (χ2v) is 7.74. The van der Waals surface area contributed by atoms with Gasteiger partial charge in [0.25, 0.3) is 0 Å². The van der Waals surface area contributed by atoms with Gasteiger partial charge in [-0.05, 0) is 40.4 Å². The third-order valence-electron chi connectivity index (χ3n) is 3.25. The first-order valence-corrected chi connectivity index (χ1v) is 9.61. The molecule has 0 N–H and O–H groups in total. The summed E-state index contributed by atoms with van der Waals surface area (Å²) in [6, 6.07) is 3.32. The molecule has 0 aliphatic heterocycles. The van der Waals surface area contributed by atoms with E-state index < -0.39 is 15.8 Å². The average molecular weight is 377 g/mol. The molecule has 0 amide bonds. The number of carbonyl (C=O) groups is 1. The molecule has 6 heteroatoms. The number of halogens is 1. The van der Waals surface area contributed by atoms with Crippen LogP contribution in [0.4, 0.5) is 0 Å². The van der Waals surface area contributed by atoms with Crippen LogP contribution in [0.2, 0.25) is 0 Å². The molecule has 1 aromatic rings. The minimum atomic E-state index is -3.43.